The highest BCUT2D eigenvalue weighted by molar-refractivity contribution is 6.08. The van der Waals surface area contributed by atoms with E-state index >= 15 is 0 Å². The lowest BCUT2D eigenvalue weighted by Gasteiger charge is -2.27. The summed E-state index contributed by atoms with van der Waals surface area (Å²) < 4.78 is 8.08. The predicted octanol–water partition coefficient (Wildman–Crippen LogP) is 6.71. The van der Waals surface area contributed by atoms with Gasteiger partial charge in [0.2, 0.25) is 5.91 Å². The average Bonchev–Trinajstić information content (AvgIpc) is 3.35. The number of amides is 1. The van der Waals surface area contributed by atoms with Crippen molar-refractivity contribution >= 4 is 34.2 Å². The molecule has 7 heteroatoms. The highest BCUT2D eigenvalue weighted by Gasteiger charge is 2.66. The van der Waals surface area contributed by atoms with E-state index < -0.39 is 6.04 Å². The van der Waals surface area contributed by atoms with Crippen molar-refractivity contribution in [1.29, 1.82) is 0 Å². The summed E-state index contributed by atoms with van der Waals surface area (Å²) in [6.45, 7) is 12.4. The van der Waals surface area contributed by atoms with Crippen LogP contribution in [0.1, 0.15) is 115 Å². The first-order valence-electron chi connectivity index (χ1n) is 16.0. The maximum atomic E-state index is 14.1. The highest BCUT2D eigenvalue weighted by atomic mass is 16.5. The number of hydrogen-bond acceptors (Lipinski definition) is 5. The van der Waals surface area contributed by atoms with E-state index in [9.17, 15) is 19.2 Å². The summed E-state index contributed by atoms with van der Waals surface area (Å²) in [5.41, 5.74) is 2.04. The molecule has 3 aliphatic rings. The van der Waals surface area contributed by atoms with Crippen molar-refractivity contribution < 1.29 is 23.9 Å². The van der Waals surface area contributed by atoms with Gasteiger partial charge in [-0.3, -0.25) is 19.2 Å². The normalized spacial score (nSPS) is 26.3. The van der Waals surface area contributed by atoms with Gasteiger partial charge >= 0.3 is 0 Å². The number of hydrogen-bond donors (Lipinski definition) is 0. The second kappa shape index (κ2) is 11.6. The molecule has 3 heterocycles. The third-order valence-corrected chi connectivity index (χ3v) is 10.1. The van der Waals surface area contributed by atoms with Gasteiger partial charge in [-0.15, -0.1) is 0 Å². The second-order valence-corrected chi connectivity index (χ2v) is 14.2. The number of aryl methyl sites for hydroxylation is 1. The smallest absolute Gasteiger partial charge is 0.243 e. The summed E-state index contributed by atoms with van der Waals surface area (Å²) in [6, 6.07) is 3.58. The Morgan fingerprint density at radius 2 is 1.81 bits per heavy atom. The molecule has 2 aliphatic heterocycles. The number of Topliss-reactive ketones (excluding diaryl/α,β-unsaturated/α-hetero) is 3. The molecular formula is C35H48N2O5. The molecule has 42 heavy (non-hydrogen) atoms. The molecule has 1 aliphatic carbocycles. The van der Waals surface area contributed by atoms with Gasteiger partial charge in [-0.1, -0.05) is 47.5 Å². The standard InChI is InChI=1S/C35H48N2O5/c1-7-29(39)28-17-35-14-12-31(40)34(5,6)13-10-8-9-11-24-15-25(42-21-22(2)3)16-26-27(23(4)38)19-36(33(24)26)20-32(41)37(28)30(35)18-35/h15-16,19,22,28,30H,7-14,17-18,20-21H2,1-6H3/t28-,30+,35-/m0/s1. The van der Waals surface area contributed by atoms with Crippen molar-refractivity contribution in [2.24, 2.45) is 16.7 Å². The fourth-order valence-corrected chi connectivity index (χ4v) is 7.43. The fourth-order valence-electron chi connectivity index (χ4n) is 7.43. The Morgan fingerprint density at radius 3 is 2.50 bits per heavy atom. The number of ketones is 3. The first kappa shape index (κ1) is 30.5. The number of carbonyl (C=O) groups excluding carboxylic acids is 4. The molecular weight excluding hydrogens is 528 g/mol. The summed E-state index contributed by atoms with van der Waals surface area (Å²) >= 11 is 0. The zero-order chi connectivity index (χ0) is 30.4. The Balaban J connectivity index is 1.57. The quantitative estimate of drug-likeness (QED) is 0.357. The van der Waals surface area contributed by atoms with Crippen molar-refractivity contribution in [2.45, 2.75) is 124 Å². The van der Waals surface area contributed by atoms with Gasteiger partial charge in [-0.2, -0.15) is 0 Å². The largest absolute Gasteiger partial charge is 0.493 e. The lowest BCUT2D eigenvalue weighted by molar-refractivity contribution is -0.139. The molecule has 2 aromatic rings. The molecule has 0 unspecified atom stereocenters. The van der Waals surface area contributed by atoms with Gasteiger partial charge in [0.15, 0.2) is 11.6 Å². The van der Waals surface area contributed by atoms with Crippen LogP contribution in [0.3, 0.4) is 0 Å². The molecule has 2 bridgehead atoms. The van der Waals surface area contributed by atoms with Crippen LogP contribution in [-0.4, -0.2) is 51.4 Å². The van der Waals surface area contributed by atoms with Crippen molar-refractivity contribution in [2.75, 3.05) is 6.61 Å². The van der Waals surface area contributed by atoms with Gasteiger partial charge in [0.1, 0.15) is 18.1 Å². The van der Waals surface area contributed by atoms with Crippen LogP contribution in [-0.2, 0) is 27.3 Å². The molecule has 228 valence electrons. The Kier molecular flexibility index (Phi) is 8.43. The van der Waals surface area contributed by atoms with Gasteiger partial charge in [0.25, 0.3) is 0 Å². The molecule has 5 rings (SSSR count). The maximum Gasteiger partial charge on any atom is 0.243 e. The summed E-state index contributed by atoms with van der Waals surface area (Å²) in [4.78, 5) is 55.2. The SMILES string of the molecule is CCC(=O)[C@@H]1C[C@]23CCC(=O)C(C)(C)CCCCCc4cc(OCC(C)C)cc5c(C(C)=O)cn(c45)CC(=O)N1[C@@H]2C3. The molecule has 0 spiro atoms. The molecule has 1 aromatic carbocycles. The lowest BCUT2D eigenvalue weighted by Crippen LogP contribution is -2.44. The number of ether oxygens (including phenoxy) is 1. The van der Waals surface area contributed by atoms with Crippen molar-refractivity contribution in [3.63, 3.8) is 0 Å². The van der Waals surface area contributed by atoms with E-state index in [1.54, 1.807) is 6.92 Å². The molecule has 1 saturated carbocycles. The maximum absolute atomic E-state index is 14.1. The number of carbonyl (C=O) groups is 4. The van der Waals surface area contributed by atoms with E-state index in [1.165, 1.54) is 0 Å². The monoisotopic (exact) mass is 576 g/mol. The fraction of sp³-hybridized carbons (Fsp3) is 0.657. The summed E-state index contributed by atoms with van der Waals surface area (Å²) in [6.07, 6.45) is 9.48. The molecule has 2 fully saturated rings. The molecule has 0 N–H and O–H groups in total. The zero-order valence-electron chi connectivity index (χ0n) is 26.4. The van der Waals surface area contributed by atoms with E-state index in [0.29, 0.717) is 43.1 Å². The van der Waals surface area contributed by atoms with E-state index in [0.717, 1.165) is 67.2 Å². The Bertz CT molecular complexity index is 1400. The van der Waals surface area contributed by atoms with Gasteiger partial charge in [0, 0.05) is 41.4 Å². The van der Waals surface area contributed by atoms with Crippen molar-refractivity contribution in [3.05, 3.63) is 29.5 Å². The summed E-state index contributed by atoms with van der Waals surface area (Å²) in [5, 5.41) is 0.819. The minimum Gasteiger partial charge on any atom is -0.493 e. The van der Waals surface area contributed by atoms with E-state index in [-0.39, 0.29) is 40.9 Å². The number of rotatable bonds is 6. The summed E-state index contributed by atoms with van der Waals surface area (Å²) in [5.74, 6) is 1.35. The van der Waals surface area contributed by atoms with Crippen LogP contribution >= 0.6 is 0 Å². The number of nitrogens with zero attached hydrogens (tertiary/aromatic N) is 2. The second-order valence-electron chi connectivity index (χ2n) is 14.2. The third-order valence-electron chi connectivity index (χ3n) is 10.1. The van der Waals surface area contributed by atoms with Crippen LogP contribution in [0.25, 0.3) is 10.9 Å². The topological polar surface area (TPSA) is 85.7 Å². The van der Waals surface area contributed by atoms with Crippen LogP contribution in [0.4, 0.5) is 0 Å². The lowest BCUT2D eigenvalue weighted by atomic mass is 9.79. The first-order chi connectivity index (χ1) is 19.9. The van der Waals surface area contributed by atoms with Crippen LogP contribution in [0.15, 0.2) is 18.3 Å². The van der Waals surface area contributed by atoms with Crippen molar-refractivity contribution in [3.8, 4) is 5.75 Å². The number of piperidine rings is 1. The predicted molar refractivity (Wildman–Crippen MR) is 164 cm³/mol. The molecule has 1 amide bonds. The minimum atomic E-state index is -0.437. The highest BCUT2D eigenvalue weighted by Crippen LogP contribution is 2.62. The van der Waals surface area contributed by atoms with Crippen LogP contribution in [0.5, 0.6) is 5.75 Å². The number of benzene rings is 1. The number of aromatic nitrogens is 1. The molecule has 1 saturated heterocycles. The van der Waals surface area contributed by atoms with Crippen LogP contribution in [0, 0.1) is 16.7 Å². The Labute approximate surface area is 250 Å². The van der Waals surface area contributed by atoms with Crippen molar-refractivity contribution in [1.82, 2.24) is 9.47 Å². The first-order valence-corrected chi connectivity index (χ1v) is 16.0. The van der Waals surface area contributed by atoms with E-state index in [1.807, 2.05) is 28.7 Å². The van der Waals surface area contributed by atoms with E-state index in [4.69, 9.17) is 4.74 Å². The molecule has 0 radical (unpaired) electrons. The van der Waals surface area contributed by atoms with E-state index in [2.05, 4.69) is 33.8 Å². The van der Waals surface area contributed by atoms with Gasteiger partial charge in [-0.05, 0) is 74.5 Å². The molecule has 7 nitrogen and oxygen atoms in total. The van der Waals surface area contributed by atoms with Gasteiger partial charge in [-0.25, -0.2) is 0 Å². The molecule has 1 aromatic heterocycles. The average molecular weight is 577 g/mol. The van der Waals surface area contributed by atoms with Gasteiger partial charge in [0.05, 0.1) is 18.2 Å². The summed E-state index contributed by atoms with van der Waals surface area (Å²) in [7, 11) is 0. The van der Waals surface area contributed by atoms with Crippen LogP contribution in [0.2, 0.25) is 0 Å². The Morgan fingerprint density at radius 1 is 1.05 bits per heavy atom. The van der Waals surface area contributed by atoms with Gasteiger partial charge < -0.3 is 14.2 Å². The zero-order valence-corrected chi connectivity index (χ0v) is 26.4. The molecule has 3 atom stereocenters. The Hall–Kier alpha value is -2.96. The van der Waals surface area contributed by atoms with Crippen LogP contribution < -0.4 is 4.74 Å². The third kappa shape index (κ3) is 5.80. The minimum absolute atomic E-state index is 0.00158.